The first-order valence-corrected chi connectivity index (χ1v) is 10.9. The van der Waals surface area contributed by atoms with Crippen molar-refractivity contribution in [1.82, 2.24) is 15.1 Å². The predicted octanol–water partition coefficient (Wildman–Crippen LogP) is 2.37. The number of nitrogens with one attached hydrogen (secondary N) is 1. The van der Waals surface area contributed by atoms with Crippen LogP contribution in [-0.2, 0) is 16.6 Å². The standard InChI is InChI=1S/C23H35N3O2/c1-16-21-12-18-6-7-19(27)13-20(18)23(16,8-10-24-22(28)15-25(2)3)9-11-26(21)14-17-4-5-17/h6-7,13,16-17,21,27H,4-5,8-12,14-15H2,1-3H3,(H,24,28). The van der Waals surface area contributed by atoms with Crippen molar-refractivity contribution in [3.8, 4) is 5.75 Å². The number of likely N-dealkylation sites (tertiary alicyclic amines) is 1. The highest BCUT2D eigenvalue weighted by molar-refractivity contribution is 5.77. The molecule has 1 aromatic carbocycles. The van der Waals surface area contributed by atoms with Crippen molar-refractivity contribution < 1.29 is 9.90 Å². The number of phenols is 1. The van der Waals surface area contributed by atoms with Gasteiger partial charge in [0.1, 0.15) is 5.75 Å². The van der Waals surface area contributed by atoms with E-state index in [0.717, 1.165) is 31.7 Å². The van der Waals surface area contributed by atoms with E-state index in [1.54, 1.807) is 0 Å². The van der Waals surface area contributed by atoms with Gasteiger partial charge in [0.05, 0.1) is 6.54 Å². The highest BCUT2D eigenvalue weighted by atomic mass is 16.3. The molecular weight excluding hydrogens is 350 g/mol. The Labute approximate surface area is 169 Å². The summed E-state index contributed by atoms with van der Waals surface area (Å²) in [6.07, 6.45) is 5.92. The van der Waals surface area contributed by atoms with E-state index in [0.29, 0.717) is 30.8 Å². The lowest BCUT2D eigenvalue weighted by molar-refractivity contribution is -0.121. The molecule has 0 radical (unpaired) electrons. The number of amides is 1. The average molecular weight is 386 g/mol. The van der Waals surface area contributed by atoms with Gasteiger partial charge in [-0.15, -0.1) is 0 Å². The van der Waals surface area contributed by atoms with E-state index >= 15 is 0 Å². The third-order valence-electron chi connectivity index (χ3n) is 7.36. The van der Waals surface area contributed by atoms with Crippen LogP contribution in [0.1, 0.15) is 43.7 Å². The minimum atomic E-state index is 0.0441. The number of fused-ring (bicyclic) bond motifs is 4. The van der Waals surface area contributed by atoms with Gasteiger partial charge in [-0.05, 0) is 87.8 Å². The molecule has 1 aromatic rings. The number of likely N-dealkylation sites (N-methyl/N-ethyl adjacent to an activating group) is 1. The van der Waals surface area contributed by atoms with Crippen molar-refractivity contribution in [2.24, 2.45) is 11.8 Å². The second kappa shape index (κ2) is 7.68. The SMILES string of the molecule is CC1C2Cc3ccc(O)cc3C1(CCNC(=O)CN(C)C)CCN2CC1CC1. The lowest BCUT2D eigenvalue weighted by Gasteiger charge is -2.56. The minimum absolute atomic E-state index is 0.0441. The average Bonchev–Trinajstić information content (AvgIpc) is 3.43. The van der Waals surface area contributed by atoms with Gasteiger partial charge in [-0.3, -0.25) is 9.69 Å². The van der Waals surface area contributed by atoms with Crippen LogP contribution in [-0.4, -0.2) is 67.1 Å². The van der Waals surface area contributed by atoms with Gasteiger partial charge in [0.15, 0.2) is 0 Å². The summed E-state index contributed by atoms with van der Waals surface area (Å²) >= 11 is 0. The Morgan fingerprint density at radius 2 is 2.14 bits per heavy atom. The molecule has 5 nitrogen and oxygen atoms in total. The fourth-order valence-electron chi connectivity index (χ4n) is 5.65. The maximum absolute atomic E-state index is 12.1. The molecule has 1 saturated heterocycles. The summed E-state index contributed by atoms with van der Waals surface area (Å²) in [4.78, 5) is 16.8. The van der Waals surface area contributed by atoms with Gasteiger partial charge in [-0.2, -0.15) is 0 Å². The van der Waals surface area contributed by atoms with Crippen LogP contribution in [0.15, 0.2) is 18.2 Å². The van der Waals surface area contributed by atoms with Crippen molar-refractivity contribution in [3.05, 3.63) is 29.3 Å². The Hall–Kier alpha value is -1.59. The monoisotopic (exact) mass is 385 g/mol. The Morgan fingerprint density at radius 1 is 1.36 bits per heavy atom. The van der Waals surface area contributed by atoms with Crippen LogP contribution < -0.4 is 5.32 Å². The van der Waals surface area contributed by atoms with Crippen LogP contribution in [0, 0.1) is 11.8 Å². The molecule has 3 aliphatic rings. The first kappa shape index (κ1) is 19.7. The first-order chi connectivity index (χ1) is 13.4. The second-order valence-corrected chi connectivity index (χ2v) is 9.58. The molecule has 0 aromatic heterocycles. The molecule has 28 heavy (non-hydrogen) atoms. The number of benzene rings is 1. The Bertz CT molecular complexity index is 731. The molecular formula is C23H35N3O2. The summed E-state index contributed by atoms with van der Waals surface area (Å²) in [5.41, 5.74) is 2.76. The third kappa shape index (κ3) is 3.79. The van der Waals surface area contributed by atoms with Gasteiger partial charge >= 0.3 is 0 Å². The first-order valence-electron chi connectivity index (χ1n) is 10.9. The molecule has 1 heterocycles. The topological polar surface area (TPSA) is 55.8 Å². The number of nitrogens with zero attached hydrogens (tertiary/aromatic N) is 2. The largest absolute Gasteiger partial charge is 0.508 e. The third-order valence-corrected chi connectivity index (χ3v) is 7.36. The zero-order chi connectivity index (χ0) is 19.9. The molecule has 5 heteroatoms. The number of carbonyl (C=O) groups is 1. The fourth-order valence-corrected chi connectivity index (χ4v) is 5.65. The van der Waals surface area contributed by atoms with Crippen LogP contribution in [0.25, 0.3) is 0 Å². The lowest BCUT2D eigenvalue weighted by Crippen LogP contribution is -2.60. The van der Waals surface area contributed by atoms with Gasteiger partial charge < -0.3 is 15.3 Å². The van der Waals surface area contributed by atoms with Gasteiger partial charge in [-0.25, -0.2) is 0 Å². The maximum atomic E-state index is 12.1. The van der Waals surface area contributed by atoms with Crippen molar-refractivity contribution in [2.45, 2.75) is 50.5 Å². The Morgan fingerprint density at radius 3 is 2.86 bits per heavy atom. The van der Waals surface area contributed by atoms with Crippen LogP contribution in [0.5, 0.6) is 5.75 Å². The molecule has 2 fully saturated rings. The van der Waals surface area contributed by atoms with Crippen molar-refractivity contribution in [1.29, 1.82) is 0 Å². The lowest BCUT2D eigenvalue weighted by atomic mass is 9.56. The molecule has 0 spiro atoms. The molecule has 2 N–H and O–H groups in total. The number of phenolic OH excluding ortho intramolecular Hbond substituents is 1. The molecule has 1 amide bonds. The van der Waals surface area contributed by atoms with E-state index in [1.165, 1.54) is 30.5 Å². The van der Waals surface area contributed by atoms with Crippen molar-refractivity contribution in [2.75, 3.05) is 40.3 Å². The normalized spacial score (nSPS) is 29.6. The Balaban J connectivity index is 1.56. The van der Waals surface area contributed by atoms with Gasteiger partial charge in [0.2, 0.25) is 5.91 Å². The van der Waals surface area contributed by atoms with Crippen LogP contribution in [0.3, 0.4) is 0 Å². The predicted molar refractivity (Wildman–Crippen MR) is 112 cm³/mol. The smallest absolute Gasteiger partial charge is 0.234 e. The molecule has 154 valence electrons. The van der Waals surface area contributed by atoms with Crippen LogP contribution in [0.2, 0.25) is 0 Å². The molecule has 3 atom stereocenters. The van der Waals surface area contributed by atoms with E-state index in [1.807, 2.05) is 31.1 Å². The summed E-state index contributed by atoms with van der Waals surface area (Å²) < 4.78 is 0. The summed E-state index contributed by atoms with van der Waals surface area (Å²) in [5.74, 6) is 1.89. The van der Waals surface area contributed by atoms with E-state index in [9.17, 15) is 9.90 Å². The molecule has 1 aliphatic heterocycles. The molecule has 2 bridgehead atoms. The highest BCUT2D eigenvalue weighted by Crippen LogP contribution is 2.52. The Kier molecular flexibility index (Phi) is 5.41. The summed E-state index contributed by atoms with van der Waals surface area (Å²) in [6, 6.07) is 6.54. The fraction of sp³-hybridized carbons (Fsp3) is 0.696. The maximum Gasteiger partial charge on any atom is 0.234 e. The molecule has 2 aliphatic carbocycles. The number of hydrogen-bond acceptors (Lipinski definition) is 4. The summed E-state index contributed by atoms with van der Waals surface area (Å²) in [6.45, 7) is 5.90. The van der Waals surface area contributed by atoms with E-state index in [2.05, 4.69) is 23.2 Å². The second-order valence-electron chi connectivity index (χ2n) is 9.58. The van der Waals surface area contributed by atoms with E-state index < -0.39 is 0 Å². The van der Waals surface area contributed by atoms with Crippen molar-refractivity contribution in [3.63, 3.8) is 0 Å². The number of carbonyl (C=O) groups excluding carboxylic acids is 1. The summed E-state index contributed by atoms with van der Waals surface area (Å²) in [5, 5.41) is 13.3. The van der Waals surface area contributed by atoms with E-state index in [-0.39, 0.29) is 11.3 Å². The van der Waals surface area contributed by atoms with Gasteiger partial charge in [0.25, 0.3) is 0 Å². The summed E-state index contributed by atoms with van der Waals surface area (Å²) in [7, 11) is 3.83. The quantitative estimate of drug-likeness (QED) is 0.757. The zero-order valence-electron chi connectivity index (χ0n) is 17.6. The number of aromatic hydroxyl groups is 1. The van der Waals surface area contributed by atoms with Gasteiger partial charge in [-0.1, -0.05) is 13.0 Å². The number of piperidine rings is 1. The molecule has 3 unspecified atom stereocenters. The number of rotatable bonds is 7. The minimum Gasteiger partial charge on any atom is -0.508 e. The molecule has 1 saturated carbocycles. The molecule has 4 rings (SSSR count). The van der Waals surface area contributed by atoms with Crippen LogP contribution >= 0.6 is 0 Å². The van der Waals surface area contributed by atoms with Gasteiger partial charge in [0, 0.05) is 24.5 Å². The number of hydrogen-bond donors (Lipinski definition) is 2. The van der Waals surface area contributed by atoms with Crippen molar-refractivity contribution >= 4 is 5.91 Å². The highest BCUT2D eigenvalue weighted by Gasteiger charge is 2.51. The van der Waals surface area contributed by atoms with E-state index in [4.69, 9.17) is 0 Å². The zero-order valence-corrected chi connectivity index (χ0v) is 17.6. The van der Waals surface area contributed by atoms with Crippen LogP contribution in [0.4, 0.5) is 0 Å².